The number of para-hydroxylation sites is 1. The molecule has 4 rings (SSSR count). The Labute approximate surface area is 181 Å². The Hall–Kier alpha value is -3.86. The van der Waals surface area contributed by atoms with Crippen molar-refractivity contribution in [1.29, 1.82) is 0 Å². The van der Waals surface area contributed by atoms with E-state index in [1.54, 1.807) is 0 Å². The number of hydrogen-bond donors (Lipinski definition) is 0. The van der Waals surface area contributed by atoms with Gasteiger partial charge in [-0.05, 0) is 23.3 Å². The smallest absolute Gasteiger partial charge is 0.336 e. The van der Waals surface area contributed by atoms with Gasteiger partial charge in [-0.25, -0.2) is 9.59 Å². The highest BCUT2D eigenvalue weighted by atomic mass is 16.5. The summed E-state index contributed by atoms with van der Waals surface area (Å²) in [5.41, 5.74) is 3.22. The summed E-state index contributed by atoms with van der Waals surface area (Å²) in [7, 11) is 2.66. The maximum Gasteiger partial charge on any atom is 0.336 e. The number of rotatable bonds is 5. The molecule has 0 saturated heterocycles. The molecule has 2 unspecified atom stereocenters. The molecule has 0 spiro atoms. The van der Waals surface area contributed by atoms with Gasteiger partial charge in [0.05, 0.1) is 37.4 Å². The second kappa shape index (κ2) is 8.88. The Morgan fingerprint density at radius 3 is 1.32 bits per heavy atom. The monoisotopic (exact) mass is 413 g/mol. The number of esters is 2. The number of ether oxygens (including phenoxy) is 2. The third-order valence-electron chi connectivity index (χ3n) is 5.49. The van der Waals surface area contributed by atoms with E-state index in [1.807, 2.05) is 91.0 Å². The van der Waals surface area contributed by atoms with Gasteiger partial charge in [0.25, 0.3) is 0 Å². The predicted octanol–water partition coefficient (Wildman–Crippen LogP) is 4.63. The van der Waals surface area contributed by atoms with E-state index >= 15 is 0 Å². The van der Waals surface area contributed by atoms with E-state index in [0.717, 1.165) is 16.8 Å². The van der Waals surface area contributed by atoms with Crippen LogP contribution in [0, 0.1) is 0 Å². The Morgan fingerprint density at radius 2 is 0.968 bits per heavy atom. The van der Waals surface area contributed by atoms with E-state index < -0.39 is 24.0 Å². The Balaban J connectivity index is 2.05. The second-order valence-corrected chi connectivity index (χ2v) is 7.18. The molecule has 3 aromatic carbocycles. The van der Waals surface area contributed by atoms with E-state index in [9.17, 15) is 9.59 Å². The average Bonchev–Trinajstić information content (AvgIpc) is 3.21. The first-order valence-electron chi connectivity index (χ1n) is 10.0. The molecule has 2 atom stereocenters. The fraction of sp³-hybridized carbons (Fsp3) is 0.154. The van der Waals surface area contributed by atoms with E-state index in [1.165, 1.54) is 14.2 Å². The topological polar surface area (TPSA) is 55.8 Å². The molecule has 5 heteroatoms. The molecule has 1 aliphatic heterocycles. The van der Waals surface area contributed by atoms with Gasteiger partial charge in [-0.3, -0.25) is 0 Å². The molecule has 3 aromatic rings. The van der Waals surface area contributed by atoms with Crippen molar-refractivity contribution in [2.75, 3.05) is 19.1 Å². The highest BCUT2D eigenvalue weighted by molar-refractivity contribution is 6.05. The third-order valence-corrected chi connectivity index (χ3v) is 5.49. The Morgan fingerprint density at radius 1 is 0.613 bits per heavy atom. The van der Waals surface area contributed by atoms with Crippen molar-refractivity contribution in [3.8, 4) is 0 Å². The first-order chi connectivity index (χ1) is 15.2. The second-order valence-electron chi connectivity index (χ2n) is 7.18. The summed E-state index contributed by atoms with van der Waals surface area (Å²) in [4.78, 5) is 28.2. The largest absolute Gasteiger partial charge is 0.466 e. The first-order valence-corrected chi connectivity index (χ1v) is 10.0. The van der Waals surface area contributed by atoms with Gasteiger partial charge in [0, 0.05) is 5.69 Å². The number of hydrogen-bond acceptors (Lipinski definition) is 5. The lowest BCUT2D eigenvalue weighted by molar-refractivity contribution is -0.139. The van der Waals surface area contributed by atoms with Crippen LogP contribution in [0.3, 0.4) is 0 Å². The van der Waals surface area contributed by atoms with Crippen LogP contribution in [0.1, 0.15) is 23.2 Å². The first kappa shape index (κ1) is 20.4. The number of carbonyl (C=O) groups excluding carboxylic acids is 2. The van der Waals surface area contributed by atoms with Gasteiger partial charge < -0.3 is 14.4 Å². The standard InChI is InChI=1S/C26H23NO4/c1-30-25(28)21-22(26(29)31-2)24(19-14-8-4-9-15-19)27(20-16-10-5-11-17-20)23(21)18-12-6-3-7-13-18/h3-17,23-24H,1-2H3. The van der Waals surface area contributed by atoms with Crippen LogP contribution < -0.4 is 4.90 Å². The molecule has 31 heavy (non-hydrogen) atoms. The molecular weight excluding hydrogens is 390 g/mol. The normalized spacial score (nSPS) is 18.1. The minimum absolute atomic E-state index is 0.290. The maximum atomic E-state index is 13.1. The number of benzene rings is 3. The van der Waals surface area contributed by atoms with Crippen molar-refractivity contribution in [3.63, 3.8) is 0 Å². The summed E-state index contributed by atoms with van der Waals surface area (Å²) in [6.45, 7) is 0. The van der Waals surface area contributed by atoms with Crippen LogP contribution in [-0.2, 0) is 19.1 Å². The summed E-state index contributed by atoms with van der Waals surface area (Å²) in [5, 5.41) is 0. The summed E-state index contributed by atoms with van der Waals surface area (Å²) in [5.74, 6) is -1.10. The minimum Gasteiger partial charge on any atom is -0.466 e. The Kier molecular flexibility index (Phi) is 5.85. The van der Waals surface area contributed by atoms with Crippen LogP contribution in [0.2, 0.25) is 0 Å². The summed E-state index contributed by atoms with van der Waals surface area (Å²) >= 11 is 0. The van der Waals surface area contributed by atoms with Gasteiger partial charge in [0.1, 0.15) is 0 Å². The van der Waals surface area contributed by atoms with Crippen molar-refractivity contribution in [3.05, 3.63) is 113 Å². The third kappa shape index (κ3) is 3.70. The van der Waals surface area contributed by atoms with Gasteiger partial charge in [-0.2, -0.15) is 0 Å². The molecule has 0 N–H and O–H groups in total. The predicted molar refractivity (Wildman–Crippen MR) is 118 cm³/mol. The summed E-state index contributed by atoms with van der Waals surface area (Å²) < 4.78 is 10.3. The average molecular weight is 413 g/mol. The van der Waals surface area contributed by atoms with Crippen LogP contribution in [0.5, 0.6) is 0 Å². The zero-order chi connectivity index (χ0) is 21.8. The van der Waals surface area contributed by atoms with Gasteiger partial charge >= 0.3 is 11.9 Å². The molecule has 5 nitrogen and oxygen atoms in total. The van der Waals surface area contributed by atoms with Crippen LogP contribution in [0.4, 0.5) is 5.69 Å². The molecular formula is C26H23NO4. The molecule has 1 aliphatic rings. The lowest BCUT2D eigenvalue weighted by Gasteiger charge is -2.34. The molecule has 0 aliphatic carbocycles. The van der Waals surface area contributed by atoms with Gasteiger partial charge in [0.15, 0.2) is 0 Å². The van der Waals surface area contributed by atoms with Crippen molar-refractivity contribution in [1.82, 2.24) is 0 Å². The molecule has 1 heterocycles. The Bertz CT molecular complexity index is 1020. The molecule has 156 valence electrons. The highest BCUT2D eigenvalue weighted by Crippen LogP contribution is 2.51. The molecule has 0 fully saturated rings. The van der Waals surface area contributed by atoms with Crippen LogP contribution >= 0.6 is 0 Å². The zero-order valence-corrected chi connectivity index (χ0v) is 17.4. The van der Waals surface area contributed by atoms with Crippen molar-refractivity contribution in [2.24, 2.45) is 0 Å². The molecule has 0 amide bonds. The van der Waals surface area contributed by atoms with Crippen LogP contribution in [0.25, 0.3) is 0 Å². The van der Waals surface area contributed by atoms with Crippen LogP contribution in [-0.4, -0.2) is 26.2 Å². The zero-order valence-electron chi connectivity index (χ0n) is 17.4. The fourth-order valence-corrected chi connectivity index (χ4v) is 4.21. The van der Waals surface area contributed by atoms with Crippen molar-refractivity contribution in [2.45, 2.75) is 12.1 Å². The summed E-state index contributed by atoms with van der Waals surface area (Å²) in [6.07, 6.45) is 0. The number of methoxy groups -OCH3 is 2. The minimum atomic E-state index is -0.548. The molecule has 0 aromatic heterocycles. The van der Waals surface area contributed by atoms with Crippen molar-refractivity contribution >= 4 is 17.6 Å². The lowest BCUT2D eigenvalue weighted by atomic mass is 9.95. The number of nitrogens with zero attached hydrogens (tertiary/aromatic N) is 1. The molecule has 0 saturated carbocycles. The van der Waals surface area contributed by atoms with E-state index in [-0.39, 0.29) is 0 Å². The van der Waals surface area contributed by atoms with E-state index in [4.69, 9.17) is 9.47 Å². The number of anilines is 1. The number of carbonyl (C=O) groups is 2. The van der Waals surface area contributed by atoms with Gasteiger partial charge in [-0.1, -0.05) is 78.9 Å². The fourth-order valence-electron chi connectivity index (χ4n) is 4.21. The van der Waals surface area contributed by atoms with Crippen LogP contribution in [0.15, 0.2) is 102 Å². The lowest BCUT2D eigenvalue weighted by Crippen LogP contribution is -2.30. The van der Waals surface area contributed by atoms with Gasteiger partial charge in [-0.15, -0.1) is 0 Å². The quantitative estimate of drug-likeness (QED) is 0.571. The van der Waals surface area contributed by atoms with Crippen molar-refractivity contribution < 1.29 is 19.1 Å². The maximum absolute atomic E-state index is 13.1. The SMILES string of the molecule is COC(=O)C1=C(C(=O)OC)C(c2ccccc2)N(c2ccccc2)C1c1ccccc1. The van der Waals surface area contributed by atoms with E-state index in [2.05, 4.69) is 4.90 Å². The highest BCUT2D eigenvalue weighted by Gasteiger charge is 2.48. The molecule has 0 radical (unpaired) electrons. The molecule has 0 bridgehead atoms. The van der Waals surface area contributed by atoms with Gasteiger partial charge in [0.2, 0.25) is 0 Å². The summed E-state index contributed by atoms with van der Waals surface area (Å²) in [6, 6.07) is 28.0. The van der Waals surface area contributed by atoms with E-state index in [0.29, 0.717) is 11.1 Å².